The molecule has 4 aliphatic rings. The van der Waals surface area contributed by atoms with Crippen molar-refractivity contribution >= 4 is 46.9 Å². The van der Waals surface area contributed by atoms with E-state index in [0.29, 0.717) is 46.4 Å². The minimum absolute atomic E-state index is 0.346. The number of nitrogens with one attached hydrogen (secondary N) is 2. The summed E-state index contributed by atoms with van der Waals surface area (Å²) in [5.74, 6) is 3.08. The molecule has 2 bridgehead atoms. The number of fused-ring (bicyclic) bond motifs is 2. The van der Waals surface area contributed by atoms with Gasteiger partial charge in [0.1, 0.15) is 0 Å². The molecular formula is C31H41Cl2N5O. The lowest BCUT2D eigenvalue weighted by Crippen LogP contribution is -2.57. The zero-order valence-electron chi connectivity index (χ0n) is 23.5. The van der Waals surface area contributed by atoms with Crippen molar-refractivity contribution in [3.63, 3.8) is 0 Å². The normalized spacial score (nSPS) is 28.0. The van der Waals surface area contributed by atoms with Gasteiger partial charge in [0.05, 0.1) is 6.04 Å². The average Bonchev–Trinajstić information content (AvgIpc) is 2.91. The van der Waals surface area contributed by atoms with Crippen LogP contribution in [0.2, 0.25) is 10.0 Å². The Morgan fingerprint density at radius 3 is 2.59 bits per heavy atom. The summed E-state index contributed by atoms with van der Waals surface area (Å²) in [4.78, 5) is 21.4. The Morgan fingerprint density at radius 2 is 1.95 bits per heavy atom. The van der Waals surface area contributed by atoms with Crippen molar-refractivity contribution in [3.8, 4) is 0 Å². The molecule has 1 saturated heterocycles. The highest BCUT2D eigenvalue weighted by atomic mass is 35.5. The summed E-state index contributed by atoms with van der Waals surface area (Å²) >= 11 is 12.3. The molecule has 0 radical (unpaired) electrons. The molecule has 0 spiro atoms. The minimum atomic E-state index is 0.346. The number of halogens is 2. The third-order valence-electron chi connectivity index (χ3n) is 9.49. The largest absolute Gasteiger partial charge is 0.340 e. The van der Waals surface area contributed by atoms with Crippen LogP contribution in [0.15, 0.2) is 47.5 Å². The Hall–Kier alpha value is -2.28. The third kappa shape index (κ3) is 6.08. The van der Waals surface area contributed by atoms with Gasteiger partial charge in [0.2, 0.25) is 6.41 Å². The second kappa shape index (κ2) is 11.7. The zero-order chi connectivity index (χ0) is 27.7. The fourth-order valence-electron chi connectivity index (χ4n) is 6.84. The summed E-state index contributed by atoms with van der Waals surface area (Å²) in [6.07, 6.45) is 4.04. The quantitative estimate of drug-likeness (QED) is 0.232. The van der Waals surface area contributed by atoms with Gasteiger partial charge in [-0.1, -0.05) is 50.0 Å². The van der Waals surface area contributed by atoms with Crippen molar-refractivity contribution in [2.75, 3.05) is 36.4 Å². The number of rotatable bonds is 7. The fourth-order valence-corrected chi connectivity index (χ4v) is 7.34. The lowest BCUT2D eigenvalue weighted by Gasteiger charge is -2.61. The van der Waals surface area contributed by atoms with Crippen molar-refractivity contribution < 1.29 is 4.79 Å². The highest BCUT2D eigenvalue weighted by Gasteiger charge is 2.56. The summed E-state index contributed by atoms with van der Waals surface area (Å²) in [6.45, 7) is 12.8. The Balaban J connectivity index is 1.29. The van der Waals surface area contributed by atoms with E-state index in [-0.39, 0.29) is 0 Å². The first-order chi connectivity index (χ1) is 18.7. The number of benzene rings is 2. The summed E-state index contributed by atoms with van der Waals surface area (Å²) in [7, 11) is 0. The van der Waals surface area contributed by atoms with Crippen LogP contribution in [0.1, 0.15) is 46.1 Å². The number of guanidine groups is 1. The summed E-state index contributed by atoms with van der Waals surface area (Å²) in [5.41, 5.74) is 3.24. The van der Waals surface area contributed by atoms with Gasteiger partial charge >= 0.3 is 0 Å². The van der Waals surface area contributed by atoms with E-state index in [1.807, 2.05) is 36.4 Å². The molecule has 8 heteroatoms. The van der Waals surface area contributed by atoms with Crippen LogP contribution in [-0.4, -0.2) is 55.5 Å². The second-order valence-corrected chi connectivity index (χ2v) is 13.1. The van der Waals surface area contributed by atoms with Gasteiger partial charge in [-0.15, -0.1) is 0 Å². The van der Waals surface area contributed by atoms with E-state index in [1.165, 1.54) is 12.8 Å². The van der Waals surface area contributed by atoms with Crippen molar-refractivity contribution in [1.82, 2.24) is 10.2 Å². The molecule has 4 fully saturated rings. The third-order valence-corrected chi connectivity index (χ3v) is 10.1. The summed E-state index contributed by atoms with van der Waals surface area (Å²) in [5, 5.41) is 8.43. The number of hydrogen-bond acceptors (Lipinski definition) is 3. The van der Waals surface area contributed by atoms with Crippen LogP contribution in [0.4, 0.5) is 11.4 Å². The molecule has 6 nitrogen and oxygen atoms in total. The minimum Gasteiger partial charge on any atom is -0.340 e. The van der Waals surface area contributed by atoms with E-state index in [9.17, 15) is 4.79 Å². The number of piperazine rings is 1. The lowest BCUT2D eigenvalue weighted by molar-refractivity contribution is -0.108. The van der Waals surface area contributed by atoms with Crippen molar-refractivity contribution in [1.29, 1.82) is 0 Å². The number of anilines is 2. The highest BCUT2D eigenvalue weighted by Crippen LogP contribution is 2.61. The summed E-state index contributed by atoms with van der Waals surface area (Å²) < 4.78 is 0. The van der Waals surface area contributed by atoms with Gasteiger partial charge in [0.25, 0.3) is 0 Å². The van der Waals surface area contributed by atoms with E-state index in [2.05, 4.69) is 43.2 Å². The van der Waals surface area contributed by atoms with Crippen LogP contribution in [0.3, 0.4) is 0 Å². The lowest BCUT2D eigenvalue weighted by atomic mass is 9.45. The average molecular weight is 571 g/mol. The predicted molar refractivity (Wildman–Crippen MR) is 163 cm³/mol. The van der Waals surface area contributed by atoms with E-state index < -0.39 is 0 Å². The van der Waals surface area contributed by atoms with Gasteiger partial charge in [-0.05, 0) is 91.3 Å². The molecule has 5 atom stereocenters. The van der Waals surface area contributed by atoms with E-state index in [0.717, 1.165) is 60.8 Å². The standard InChI is InChI=1S/C31H41Cl2N5O/c1-20-18-37(14-12-34-20)30(36-29-16-23-15-27(21(29)2)31(23,3)4)35-25-7-9-26(10-8-25)38(19-39)13-11-22-5-6-24(32)17-28(22)33/h5-10,17,19-21,23,27,29,34H,11-16,18H2,1-4H3,(H,35,36)/t20-,21?,23+,27+,29?/m0/s1. The molecule has 0 aromatic heterocycles. The van der Waals surface area contributed by atoms with Crippen LogP contribution in [0, 0.1) is 23.2 Å². The molecular weight excluding hydrogens is 529 g/mol. The van der Waals surface area contributed by atoms with Gasteiger partial charge in [0.15, 0.2) is 5.96 Å². The first kappa shape index (κ1) is 28.3. The van der Waals surface area contributed by atoms with Gasteiger partial charge in [0, 0.05) is 53.6 Å². The highest BCUT2D eigenvalue weighted by molar-refractivity contribution is 6.35. The maximum atomic E-state index is 11.9. The maximum absolute atomic E-state index is 11.9. The molecule has 2 N–H and O–H groups in total. The van der Waals surface area contributed by atoms with Gasteiger partial charge in [-0.3, -0.25) is 4.79 Å². The Labute approximate surface area is 243 Å². The Kier molecular flexibility index (Phi) is 8.46. The van der Waals surface area contributed by atoms with Crippen LogP contribution >= 0.6 is 23.2 Å². The molecule has 1 heterocycles. The molecule has 210 valence electrons. The molecule has 3 saturated carbocycles. The first-order valence-electron chi connectivity index (χ1n) is 14.2. The van der Waals surface area contributed by atoms with E-state index >= 15 is 0 Å². The monoisotopic (exact) mass is 569 g/mol. The predicted octanol–water partition coefficient (Wildman–Crippen LogP) is 6.33. The number of nitrogens with zero attached hydrogens (tertiary/aromatic N) is 3. The number of aliphatic imine (C=N–C) groups is 1. The smallest absolute Gasteiger partial charge is 0.214 e. The SMILES string of the molecule is CC1C(N=C(Nc2ccc(N(C=O)CCc3ccc(Cl)cc3Cl)cc2)N2CCN[C@@H](C)C2)C[C@H]2C[C@H]1C2(C)C. The van der Waals surface area contributed by atoms with Crippen LogP contribution < -0.4 is 15.5 Å². The number of carbonyl (C=O) groups excluding carboxylic acids is 1. The van der Waals surface area contributed by atoms with Gasteiger partial charge < -0.3 is 20.4 Å². The molecule has 3 aliphatic carbocycles. The Bertz CT molecular complexity index is 1200. The van der Waals surface area contributed by atoms with Crippen molar-refractivity contribution in [2.45, 2.75) is 59.0 Å². The van der Waals surface area contributed by atoms with Gasteiger partial charge in [-0.25, -0.2) is 4.99 Å². The molecule has 6 rings (SSSR count). The molecule has 2 unspecified atom stereocenters. The second-order valence-electron chi connectivity index (χ2n) is 12.2. The van der Waals surface area contributed by atoms with Crippen LogP contribution in [0.25, 0.3) is 0 Å². The van der Waals surface area contributed by atoms with E-state index in [4.69, 9.17) is 28.2 Å². The van der Waals surface area contributed by atoms with E-state index in [1.54, 1.807) is 11.0 Å². The van der Waals surface area contributed by atoms with Crippen molar-refractivity contribution in [2.24, 2.45) is 28.2 Å². The van der Waals surface area contributed by atoms with Gasteiger partial charge in [-0.2, -0.15) is 0 Å². The molecule has 2 aromatic rings. The maximum Gasteiger partial charge on any atom is 0.214 e. The fraction of sp³-hybridized carbons (Fsp3) is 0.548. The first-order valence-corrected chi connectivity index (χ1v) is 15.0. The molecule has 1 aliphatic heterocycles. The van der Waals surface area contributed by atoms with Crippen LogP contribution in [-0.2, 0) is 11.2 Å². The number of amides is 1. The molecule has 2 aromatic carbocycles. The van der Waals surface area contributed by atoms with Crippen molar-refractivity contribution in [3.05, 3.63) is 58.1 Å². The zero-order valence-corrected chi connectivity index (χ0v) is 25.0. The topological polar surface area (TPSA) is 60.0 Å². The number of carbonyl (C=O) groups is 1. The summed E-state index contributed by atoms with van der Waals surface area (Å²) in [6, 6.07) is 14.3. The Morgan fingerprint density at radius 1 is 1.18 bits per heavy atom. The number of hydrogen-bond donors (Lipinski definition) is 2. The van der Waals surface area contributed by atoms with Crippen LogP contribution in [0.5, 0.6) is 0 Å². The molecule has 1 amide bonds. The molecule has 39 heavy (non-hydrogen) atoms.